The number of fused-ring (bicyclic) bond motifs is 2. The molecule has 0 unspecified atom stereocenters. The number of rotatable bonds is 8. The summed E-state index contributed by atoms with van der Waals surface area (Å²) in [5.41, 5.74) is -1.50. The summed E-state index contributed by atoms with van der Waals surface area (Å²) in [5, 5.41) is 29.5. The molecule has 3 N–H and O–H groups in total. The number of ketones is 2. The minimum absolute atomic E-state index is 0.00532. The van der Waals surface area contributed by atoms with Crippen LogP contribution < -0.4 is 9.08 Å². The third kappa shape index (κ3) is 4.03. The first-order chi connectivity index (χ1) is 15.0. The van der Waals surface area contributed by atoms with Gasteiger partial charge in [0.1, 0.15) is 13.1 Å². The first-order valence-corrected chi connectivity index (χ1v) is 10.3. The molecule has 0 heterocycles. The number of benzene rings is 2. The lowest BCUT2D eigenvalue weighted by Gasteiger charge is -2.27. The zero-order valence-corrected chi connectivity index (χ0v) is 17.0. The van der Waals surface area contributed by atoms with E-state index in [1.165, 1.54) is 24.3 Å². The summed E-state index contributed by atoms with van der Waals surface area (Å²) in [7, 11) is -4.54. The normalized spacial score (nSPS) is 12.5. The van der Waals surface area contributed by atoms with Crippen LogP contribution in [0.3, 0.4) is 0 Å². The number of carboxylic acid groups (broad SMARTS) is 2. The van der Waals surface area contributed by atoms with E-state index in [2.05, 4.69) is 6.58 Å². The minimum Gasteiger partial charge on any atom is -0.504 e. The van der Waals surface area contributed by atoms with Crippen molar-refractivity contribution in [1.29, 1.82) is 0 Å². The maximum atomic E-state index is 13.0. The quantitative estimate of drug-likeness (QED) is 0.408. The molecule has 1 aliphatic carbocycles. The van der Waals surface area contributed by atoms with Gasteiger partial charge in [-0.15, -0.1) is 0 Å². The summed E-state index contributed by atoms with van der Waals surface area (Å²) in [4.78, 5) is 49.2. The zero-order chi connectivity index (χ0) is 23.8. The molecule has 0 radical (unpaired) electrons. The number of hydrogen-bond acceptors (Lipinski definition) is 9. The van der Waals surface area contributed by atoms with Crippen LogP contribution >= 0.6 is 0 Å². The predicted molar refractivity (Wildman–Crippen MR) is 109 cm³/mol. The molecule has 0 saturated carbocycles. The van der Waals surface area contributed by atoms with Gasteiger partial charge in [0.2, 0.25) is 5.75 Å². The van der Waals surface area contributed by atoms with Crippen molar-refractivity contribution in [2.75, 3.05) is 18.0 Å². The van der Waals surface area contributed by atoms with Crippen molar-refractivity contribution in [1.82, 2.24) is 0 Å². The smallest absolute Gasteiger partial charge is 0.331 e. The highest BCUT2D eigenvalue weighted by molar-refractivity contribution is 7.90. The van der Waals surface area contributed by atoms with E-state index in [0.29, 0.717) is 10.3 Å². The third-order valence-electron chi connectivity index (χ3n) is 4.52. The molecule has 0 saturated heterocycles. The zero-order valence-electron chi connectivity index (χ0n) is 16.1. The van der Waals surface area contributed by atoms with Gasteiger partial charge in [0.05, 0.1) is 16.7 Å². The van der Waals surface area contributed by atoms with Crippen molar-refractivity contribution in [2.24, 2.45) is 0 Å². The van der Waals surface area contributed by atoms with Crippen molar-refractivity contribution in [2.45, 2.75) is 0 Å². The van der Waals surface area contributed by atoms with E-state index in [-0.39, 0.29) is 16.7 Å². The monoisotopic (exact) mass is 461 g/mol. The Bertz CT molecular complexity index is 1280. The summed E-state index contributed by atoms with van der Waals surface area (Å²) in [6, 6.07) is 6.62. The van der Waals surface area contributed by atoms with Crippen molar-refractivity contribution in [3.8, 4) is 11.5 Å². The number of carbonyl (C=O) groups excluding carboxylic acids is 2. The average molecular weight is 461 g/mol. The molecule has 0 spiro atoms. The molecule has 0 aliphatic heterocycles. The highest BCUT2D eigenvalue weighted by atomic mass is 32.2. The van der Waals surface area contributed by atoms with E-state index in [9.17, 15) is 32.7 Å². The Morgan fingerprint density at radius 1 is 1.00 bits per heavy atom. The van der Waals surface area contributed by atoms with Crippen LogP contribution in [0.1, 0.15) is 31.8 Å². The molecule has 2 aromatic rings. The Morgan fingerprint density at radius 2 is 1.53 bits per heavy atom. The van der Waals surface area contributed by atoms with Crippen LogP contribution in [0.15, 0.2) is 42.3 Å². The molecule has 0 amide bonds. The van der Waals surface area contributed by atoms with Crippen LogP contribution in [0.25, 0.3) is 0 Å². The van der Waals surface area contributed by atoms with E-state index in [1.807, 2.05) is 0 Å². The van der Waals surface area contributed by atoms with Gasteiger partial charge in [-0.05, 0) is 6.07 Å². The average Bonchev–Trinajstić information content (AvgIpc) is 2.72. The summed E-state index contributed by atoms with van der Waals surface area (Å²) in [6.45, 7) is 1.15. The lowest BCUT2D eigenvalue weighted by atomic mass is 9.83. The molecule has 3 rings (SSSR count). The second-order valence-corrected chi connectivity index (χ2v) is 8.07. The fourth-order valence-electron chi connectivity index (χ4n) is 3.22. The van der Waals surface area contributed by atoms with Gasteiger partial charge in [-0.2, -0.15) is 8.42 Å². The number of aromatic hydroxyl groups is 1. The number of aliphatic carboxylic acids is 2. The summed E-state index contributed by atoms with van der Waals surface area (Å²) < 4.78 is 28.8. The number of anilines is 1. The van der Waals surface area contributed by atoms with Crippen molar-refractivity contribution >= 4 is 39.3 Å². The van der Waals surface area contributed by atoms with Gasteiger partial charge in [-0.3, -0.25) is 19.2 Å². The molecule has 2 aromatic carbocycles. The standard InChI is InChI=1S/C20H15NO10S/c1-2-32(29,30)31-20-13(21(8-14(22)23)9-15(24)25)7-12-16(19(20)28)18(27)11-6-4-3-5-10(11)17(12)26/h2-7,28H,1,8-9H2,(H,22,23)(H,24,25). The maximum absolute atomic E-state index is 13.0. The topological polar surface area (TPSA) is 176 Å². The fraction of sp³-hybridized carbons (Fsp3) is 0.100. The highest BCUT2D eigenvalue weighted by Gasteiger charge is 2.37. The number of carboxylic acids is 2. The van der Waals surface area contributed by atoms with Crippen LogP contribution in [-0.2, 0) is 19.7 Å². The number of phenols is 1. The second kappa shape index (κ2) is 8.15. The van der Waals surface area contributed by atoms with Gasteiger partial charge < -0.3 is 24.4 Å². The van der Waals surface area contributed by atoms with E-state index < -0.39 is 69.5 Å². The first-order valence-electron chi connectivity index (χ1n) is 8.80. The number of hydrogen-bond donors (Lipinski definition) is 3. The molecule has 0 atom stereocenters. The van der Waals surface area contributed by atoms with Crippen LogP contribution in [0.2, 0.25) is 0 Å². The fourth-order valence-corrected chi connectivity index (χ4v) is 3.69. The van der Waals surface area contributed by atoms with Gasteiger partial charge in [0.15, 0.2) is 17.3 Å². The van der Waals surface area contributed by atoms with E-state index >= 15 is 0 Å². The first kappa shape index (κ1) is 22.5. The summed E-state index contributed by atoms with van der Waals surface area (Å²) >= 11 is 0. The minimum atomic E-state index is -4.54. The Kier molecular flexibility index (Phi) is 5.73. The molecule has 32 heavy (non-hydrogen) atoms. The highest BCUT2D eigenvalue weighted by Crippen LogP contribution is 2.46. The van der Waals surface area contributed by atoms with Gasteiger partial charge in [0, 0.05) is 16.7 Å². The SMILES string of the molecule is C=CS(=O)(=O)Oc1c(N(CC(=O)O)CC(=O)O)cc2c(c1O)C(=O)c1ccccc1C2=O. The van der Waals surface area contributed by atoms with Crippen molar-refractivity contribution in [3.05, 3.63) is 64.6 Å². The molecule has 1 aliphatic rings. The lowest BCUT2D eigenvalue weighted by Crippen LogP contribution is -2.35. The molecule has 0 fully saturated rings. The molecule has 11 nitrogen and oxygen atoms in total. The molecule has 0 aromatic heterocycles. The number of phenolic OH excluding ortho intramolecular Hbond substituents is 1. The molecular weight excluding hydrogens is 446 g/mol. The molecular formula is C20H15NO10S. The Morgan fingerprint density at radius 3 is 2.03 bits per heavy atom. The van der Waals surface area contributed by atoms with Crippen LogP contribution in [-0.4, -0.2) is 60.3 Å². The largest absolute Gasteiger partial charge is 0.504 e. The number of carbonyl (C=O) groups is 4. The second-order valence-electron chi connectivity index (χ2n) is 6.59. The van der Waals surface area contributed by atoms with Gasteiger partial charge >= 0.3 is 22.1 Å². The molecule has 0 bridgehead atoms. The Balaban J connectivity index is 2.35. The van der Waals surface area contributed by atoms with Gasteiger partial charge in [-0.25, -0.2) is 0 Å². The predicted octanol–water partition coefficient (Wildman–Crippen LogP) is 0.995. The van der Waals surface area contributed by atoms with Crippen LogP contribution in [0.5, 0.6) is 11.5 Å². The summed E-state index contributed by atoms with van der Waals surface area (Å²) in [5.74, 6) is -6.47. The van der Waals surface area contributed by atoms with Crippen molar-refractivity contribution in [3.63, 3.8) is 0 Å². The Labute approximate surface area is 180 Å². The maximum Gasteiger partial charge on any atom is 0.331 e. The van der Waals surface area contributed by atoms with E-state index in [1.54, 1.807) is 0 Å². The molecule has 12 heteroatoms. The number of nitrogens with zero attached hydrogens (tertiary/aromatic N) is 1. The van der Waals surface area contributed by atoms with Crippen LogP contribution in [0.4, 0.5) is 5.69 Å². The van der Waals surface area contributed by atoms with Gasteiger partial charge in [0.25, 0.3) is 0 Å². The summed E-state index contributed by atoms with van der Waals surface area (Å²) in [6.07, 6.45) is 0. The third-order valence-corrected chi connectivity index (χ3v) is 5.33. The van der Waals surface area contributed by atoms with Crippen LogP contribution in [0, 0.1) is 0 Å². The van der Waals surface area contributed by atoms with E-state index in [0.717, 1.165) is 6.07 Å². The Hall–Kier alpha value is -4.19. The van der Waals surface area contributed by atoms with Gasteiger partial charge in [-0.1, -0.05) is 30.8 Å². The lowest BCUT2D eigenvalue weighted by molar-refractivity contribution is -0.136. The van der Waals surface area contributed by atoms with Crippen molar-refractivity contribution < 1.29 is 47.1 Å². The van der Waals surface area contributed by atoms with E-state index in [4.69, 9.17) is 14.4 Å². The molecule has 166 valence electrons.